The summed E-state index contributed by atoms with van der Waals surface area (Å²) in [4.78, 5) is 15.3. The number of carbonyl (C=O) groups is 1. The molecule has 17 heavy (non-hydrogen) atoms. The lowest BCUT2D eigenvalue weighted by molar-refractivity contribution is 0.0512. The molecule has 0 saturated heterocycles. The molecule has 0 atom stereocenters. The van der Waals surface area contributed by atoms with Gasteiger partial charge in [0.2, 0.25) is 0 Å². The topological polar surface area (TPSA) is 112 Å². The number of nitrogens with zero attached hydrogens (tertiary/aromatic N) is 4. The molecule has 0 aliphatic carbocycles. The van der Waals surface area contributed by atoms with E-state index in [-0.39, 0.29) is 5.82 Å². The molecule has 0 bridgehead atoms. The Bertz CT molecular complexity index is 517. The highest BCUT2D eigenvalue weighted by molar-refractivity contribution is 5.84. The summed E-state index contributed by atoms with van der Waals surface area (Å²) in [6, 6.07) is 0. The highest BCUT2D eigenvalue weighted by Crippen LogP contribution is 2.01. The lowest BCUT2D eigenvalue weighted by atomic mass is 10.5. The molecule has 0 spiro atoms. The molecule has 0 radical (unpaired) electrons. The number of aromatic amines is 1. The zero-order chi connectivity index (χ0) is 12.3. The molecule has 0 aliphatic heterocycles. The lowest BCUT2D eigenvalue weighted by Gasteiger charge is -1.96. The molecule has 0 unspecified atom stereocenters. The highest BCUT2D eigenvalue weighted by Gasteiger charge is 2.13. The maximum Gasteiger partial charge on any atom is 0.378 e. The Labute approximate surface area is 96.8 Å². The number of esters is 1. The minimum Gasteiger partial charge on any atom is -0.460 e. The van der Waals surface area contributed by atoms with Crippen LogP contribution in [0.4, 0.5) is 5.69 Å². The van der Waals surface area contributed by atoms with Gasteiger partial charge in [-0.05, 0) is 6.92 Å². The lowest BCUT2D eigenvalue weighted by Crippen LogP contribution is -2.07. The molecule has 2 aromatic heterocycles. The molecule has 90 valence electrons. The average Bonchev–Trinajstić information content (AvgIpc) is 2.89. The molecule has 8 nitrogen and oxygen atoms in total. The molecule has 0 aromatic carbocycles. The van der Waals surface area contributed by atoms with Gasteiger partial charge in [-0.15, -0.1) is 5.10 Å². The molecule has 3 N–H and O–H groups in total. The first kappa shape index (κ1) is 11.1. The van der Waals surface area contributed by atoms with Crippen LogP contribution in [0.1, 0.15) is 23.4 Å². The van der Waals surface area contributed by atoms with Gasteiger partial charge in [0.15, 0.2) is 0 Å². The predicted octanol–water partition coefficient (Wildman–Crippen LogP) is -0.192. The van der Waals surface area contributed by atoms with E-state index in [1.165, 1.54) is 6.20 Å². The average molecular weight is 236 g/mol. The van der Waals surface area contributed by atoms with Gasteiger partial charge in [-0.1, -0.05) is 0 Å². The van der Waals surface area contributed by atoms with Crippen LogP contribution in [0.2, 0.25) is 0 Å². The number of nitrogens with one attached hydrogen (secondary N) is 1. The third-order valence-corrected chi connectivity index (χ3v) is 1.95. The zero-order valence-electron chi connectivity index (χ0n) is 9.25. The fraction of sp³-hybridized carbons (Fsp3) is 0.333. The van der Waals surface area contributed by atoms with Crippen LogP contribution in [-0.4, -0.2) is 37.5 Å². The van der Waals surface area contributed by atoms with Crippen LogP contribution >= 0.6 is 0 Å². The van der Waals surface area contributed by atoms with Gasteiger partial charge in [0, 0.05) is 6.20 Å². The first-order valence-electron chi connectivity index (χ1n) is 5.05. The summed E-state index contributed by atoms with van der Waals surface area (Å²) in [6.07, 6.45) is 3.19. The number of hydrogen-bond donors (Lipinski definition) is 2. The van der Waals surface area contributed by atoms with E-state index < -0.39 is 5.97 Å². The third-order valence-electron chi connectivity index (χ3n) is 1.95. The van der Waals surface area contributed by atoms with Crippen LogP contribution < -0.4 is 5.73 Å². The van der Waals surface area contributed by atoms with Crippen molar-refractivity contribution in [3.8, 4) is 0 Å². The SMILES string of the molecule is CCOC(=O)c1n[nH]c(Cn2cc(N)cn2)n1. The summed E-state index contributed by atoms with van der Waals surface area (Å²) in [5.41, 5.74) is 6.09. The van der Waals surface area contributed by atoms with Gasteiger partial charge in [-0.25, -0.2) is 9.78 Å². The van der Waals surface area contributed by atoms with Crippen molar-refractivity contribution in [2.75, 3.05) is 12.3 Å². The summed E-state index contributed by atoms with van der Waals surface area (Å²) in [7, 11) is 0. The van der Waals surface area contributed by atoms with Gasteiger partial charge in [-0.3, -0.25) is 9.78 Å². The van der Waals surface area contributed by atoms with Gasteiger partial charge in [0.25, 0.3) is 5.82 Å². The van der Waals surface area contributed by atoms with Gasteiger partial charge in [-0.2, -0.15) is 5.10 Å². The highest BCUT2D eigenvalue weighted by atomic mass is 16.5. The van der Waals surface area contributed by atoms with Crippen molar-refractivity contribution in [2.45, 2.75) is 13.5 Å². The van der Waals surface area contributed by atoms with Crippen molar-refractivity contribution in [1.29, 1.82) is 0 Å². The van der Waals surface area contributed by atoms with Crippen molar-refractivity contribution < 1.29 is 9.53 Å². The first-order valence-corrected chi connectivity index (χ1v) is 5.05. The van der Waals surface area contributed by atoms with E-state index in [1.807, 2.05) is 0 Å². The maximum absolute atomic E-state index is 11.3. The predicted molar refractivity (Wildman–Crippen MR) is 58.1 cm³/mol. The van der Waals surface area contributed by atoms with Crippen molar-refractivity contribution >= 4 is 11.7 Å². The molecular weight excluding hydrogens is 224 g/mol. The Hall–Kier alpha value is -2.38. The standard InChI is InChI=1S/C9H12N6O2/c1-2-17-9(16)8-12-7(13-14-8)5-15-4-6(10)3-11-15/h3-4H,2,5,10H2,1H3,(H,12,13,14). The van der Waals surface area contributed by atoms with Crippen LogP contribution in [0.5, 0.6) is 0 Å². The number of carbonyl (C=O) groups excluding carboxylic acids is 1. The summed E-state index contributed by atoms with van der Waals surface area (Å²) in [5.74, 6) is -0.0203. The summed E-state index contributed by atoms with van der Waals surface area (Å²) < 4.78 is 6.36. The summed E-state index contributed by atoms with van der Waals surface area (Å²) in [6.45, 7) is 2.37. The number of nitrogen functional groups attached to an aromatic ring is 1. The number of nitrogens with two attached hydrogens (primary N) is 1. The largest absolute Gasteiger partial charge is 0.460 e. The number of ether oxygens (including phenoxy) is 1. The number of aromatic nitrogens is 5. The van der Waals surface area contributed by atoms with Gasteiger partial charge in [0.05, 0.1) is 18.5 Å². The fourth-order valence-corrected chi connectivity index (χ4v) is 1.27. The van der Waals surface area contributed by atoms with Crippen LogP contribution in [0.3, 0.4) is 0 Å². The molecule has 0 fully saturated rings. The van der Waals surface area contributed by atoms with Crippen LogP contribution in [0.15, 0.2) is 12.4 Å². The number of H-pyrrole nitrogens is 1. The molecular formula is C9H12N6O2. The van der Waals surface area contributed by atoms with Crippen molar-refractivity contribution in [3.05, 3.63) is 24.0 Å². The first-order chi connectivity index (χ1) is 8.19. The van der Waals surface area contributed by atoms with Crippen molar-refractivity contribution in [1.82, 2.24) is 25.0 Å². The monoisotopic (exact) mass is 236 g/mol. The Morgan fingerprint density at radius 2 is 2.47 bits per heavy atom. The Morgan fingerprint density at radius 3 is 3.12 bits per heavy atom. The van der Waals surface area contributed by atoms with E-state index in [1.54, 1.807) is 17.8 Å². The molecule has 8 heteroatoms. The second kappa shape index (κ2) is 4.64. The minimum absolute atomic E-state index is 0.0157. The quantitative estimate of drug-likeness (QED) is 0.711. The van der Waals surface area contributed by atoms with Crippen LogP contribution in [0, 0.1) is 0 Å². The van der Waals surface area contributed by atoms with Crippen molar-refractivity contribution in [2.24, 2.45) is 0 Å². The van der Waals surface area contributed by atoms with E-state index in [0.717, 1.165) is 0 Å². The Morgan fingerprint density at radius 1 is 1.65 bits per heavy atom. The van der Waals surface area contributed by atoms with E-state index in [0.29, 0.717) is 24.7 Å². The van der Waals surface area contributed by atoms with E-state index in [4.69, 9.17) is 10.5 Å². The zero-order valence-corrected chi connectivity index (χ0v) is 9.25. The summed E-state index contributed by atoms with van der Waals surface area (Å²) in [5, 5.41) is 10.4. The normalized spacial score (nSPS) is 10.4. The fourth-order valence-electron chi connectivity index (χ4n) is 1.27. The Balaban J connectivity index is 2.06. The molecule has 2 rings (SSSR count). The van der Waals surface area contributed by atoms with Crippen LogP contribution in [-0.2, 0) is 11.3 Å². The van der Waals surface area contributed by atoms with E-state index in [2.05, 4.69) is 20.3 Å². The summed E-state index contributed by atoms with van der Waals surface area (Å²) >= 11 is 0. The smallest absolute Gasteiger partial charge is 0.378 e. The van der Waals surface area contributed by atoms with E-state index >= 15 is 0 Å². The third kappa shape index (κ3) is 2.60. The second-order valence-corrected chi connectivity index (χ2v) is 3.30. The minimum atomic E-state index is -0.546. The number of rotatable bonds is 4. The van der Waals surface area contributed by atoms with Gasteiger partial charge >= 0.3 is 5.97 Å². The van der Waals surface area contributed by atoms with Gasteiger partial charge in [0.1, 0.15) is 12.4 Å². The van der Waals surface area contributed by atoms with Crippen molar-refractivity contribution in [3.63, 3.8) is 0 Å². The number of hydrogen-bond acceptors (Lipinski definition) is 6. The number of anilines is 1. The van der Waals surface area contributed by atoms with Gasteiger partial charge < -0.3 is 10.5 Å². The Kier molecular flexibility index (Phi) is 3.03. The molecule has 0 aliphatic rings. The van der Waals surface area contributed by atoms with Crippen LogP contribution in [0.25, 0.3) is 0 Å². The molecule has 0 saturated carbocycles. The molecule has 0 amide bonds. The van der Waals surface area contributed by atoms with E-state index in [9.17, 15) is 4.79 Å². The maximum atomic E-state index is 11.3. The molecule has 2 heterocycles. The second-order valence-electron chi connectivity index (χ2n) is 3.30. The molecule has 2 aromatic rings.